The van der Waals surface area contributed by atoms with E-state index in [1.807, 2.05) is 42.5 Å². The first-order valence-corrected chi connectivity index (χ1v) is 10.4. The van der Waals surface area contributed by atoms with Crippen molar-refractivity contribution in [3.05, 3.63) is 63.6 Å². The number of nitrogens with one attached hydrogen (secondary N) is 1. The van der Waals surface area contributed by atoms with E-state index in [1.165, 1.54) is 0 Å². The molecule has 1 aliphatic heterocycles. The summed E-state index contributed by atoms with van der Waals surface area (Å²) in [6.45, 7) is 2.83. The van der Waals surface area contributed by atoms with Gasteiger partial charge in [-0.3, -0.25) is 4.79 Å². The minimum atomic E-state index is -0.259. The molecule has 4 rings (SSSR count). The Labute approximate surface area is 182 Å². The second kappa shape index (κ2) is 8.61. The molecule has 0 saturated carbocycles. The Kier molecular flexibility index (Phi) is 5.94. The first-order chi connectivity index (χ1) is 14.1. The molecule has 0 bridgehead atoms. The van der Waals surface area contributed by atoms with Gasteiger partial charge in [0.25, 0.3) is 5.91 Å². The number of carbonyl (C=O) groups is 1. The number of amides is 1. The summed E-state index contributed by atoms with van der Waals surface area (Å²) in [5.41, 5.74) is 2.03. The number of halogens is 2. The summed E-state index contributed by atoms with van der Waals surface area (Å²) in [6, 6.07) is 15.2. The van der Waals surface area contributed by atoms with Crippen LogP contribution in [0.1, 0.15) is 10.4 Å². The number of hydrogen-bond acceptors (Lipinski definition) is 4. The highest BCUT2D eigenvalue weighted by atomic mass is 79.9. The van der Waals surface area contributed by atoms with Gasteiger partial charge in [0.15, 0.2) is 0 Å². The SMILES string of the molecule is COc1c(C(=O)Nc2cc(Cl)ccc2N2CCOCC2)cc2ccccc2c1Br. The lowest BCUT2D eigenvalue weighted by atomic mass is 10.0. The van der Waals surface area contributed by atoms with Crippen molar-refractivity contribution in [2.45, 2.75) is 0 Å². The number of ether oxygens (including phenoxy) is 2. The summed E-state index contributed by atoms with van der Waals surface area (Å²) < 4.78 is 11.7. The van der Waals surface area contributed by atoms with E-state index in [-0.39, 0.29) is 5.91 Å². The molecule has 0 aromatic heterocycles. The molecule has 0 radical (unpaired) electrons. The van der Waals surface area contributed by atoms with Gasteiger partial charge in [-0.05, 0) is 51.0 Å². The maximum absolute atomic E-state index is 13.2. The summed E-state index contributed by atoms with van der Waals surface area (Å²) in [5, 5.41) is 5.52. The van der Waals surface area contributed by atoms with Crippen LogP contribution >= 0.6 is 27.5 Å². The van der Waals surface area contributed by atoms with Gasteiger partial charge in [-0.25, -0.2) is 0 Å². The molecule has 1 N–H and O–H groups in total. The summed E-state index contributed by atoms with van der Waals surface area (Å²) in [5.74, 6) is 0.237. The van der Waals surface area contributed by atoms with Crippen molar-refractivity contribution < 1.29 is 14.3 Å². The van der Waals surface area contributed by atoms with Crippen LogP contribution in [0, 0.1) is 0 Å². The highest BCUT2D eigenvalue weighted by Crippen LogP contribution is 2.37. The summed E-state index contributed by atoms with van der Waals surface area (Å²) in [7, 11) is 1.56. The van der Waals surface area contributed by atoms with E-state index in [9.17, 15) is 4.79 Å². The van der Waals surface area contributed by atoms with E-state index < -0.39 is 0 Å². The topological polar surface area (TPSA) is 50.8 Å². The predicted octanol–water partition coefficient (Wildman–Crippen LogP) is 5.35. The molecule has 29 heavy (non-hydrogen) atoms. The van der Waals surface area contributed by atoms with E-state index in [2.05, 4.69) is 26.1 Å². The molecule has 5 nitrogen and oxygen atoms in total. The van der Waals surface area contributed by atoms with Crippen LogP contribution in [0.25, 0.3) is 10.8 Å². The second-order valence-corrected chi connectivity index (χ2v) is 7.94. The molecule has 150 valence electrons. The average Bonchev–Trinajstić information content (AvgIpc) is 2.74. The average molecular weight is 476 g/mol. The Morgan fingerprint density at radius 3 is 2.69 bits per heavy atom. The zero-order chi connectivity index (χ0) is 20.4. The largest absolute Gasteiger partial charge is 0.495 e. The normalized spacial score (nSPS) is 14.1. The summed E-state index contributed by atoms with van der Waals surface area (Å²) in [6.07, 6.45) is 0. The number of anilines is 2. The standard InChI is InChI=1S/C22H20BrClN2O3/c1-28-21-17(12-14-4-2-3-5-16(14)20(21)23)22(27)25-18-13-15(24)6-7-19(18)26-8-10-29-11-9-26/h2-7,12-13H,8-11H2,1H3,(H,25,27). The van der Waals surface area contributed by atoms with E-state index in [0.29, 0.717) is 35.2 Å². The van der Waals surface area contributed by atoms with Gasteiger partial charge >= 0.3 is 0 Å². The van der Waals surface area contributed by atoms with Crippen molar-refractivity contribution in [3.63, 3.8) is 0 Å². The Morgan fingerprint density at radius 2 is 1.93 bits per heavy atom. The monoisotopic (exact) mass is 474 g/mol. The molecular weight excluding hydrogens is 456 g/mol. The van der Waals surface area contributed by atoms with Crippen LogP contribution in [0.15, 0.2) is 53.0 Å². The van der Waals surface area contributed by atoms with Crippen LogP contribution in [0.5, 0.6) is 5.75 Å². The molecule has 0 spiro atoms. The van der Waals surface area contributed by atoms with Crippen LogP contribution in [-0.2, 0) is 4.74 Å². The van der Waals surface area contributed by atoms with Gasteiger partial charge in [-0.15, -0.1) is 0 Å². The van der Waals surface area contributed by atoms with Crippen molar-refractivity contribution in [2.24, 2.45) is 0 Å². The summed E-state index contributed by atoms with van der Waals surface area (Å²) in [4.78, 5) is 15.4. The zero-order valence-electron chi connectivity index (χ0n) is 15.9. The molecule has 0 unspecified atom stereocenters. The van der Waals surface area contributed by atoms with E-state index in [4.69, 9.17) is 21.1 Å². The van der Waals surface area contributed by atoms with Crippen molar-refractivity contribution in [2.75, 3.05) is 43.6 Å². The number of hydrogen-bond donors (Lipinski definition) is 1. The van der Waals surface area contributed by atoms with Crippen molar-refractivity contribution in [1.29, 1.82) is 0 Å². The minimum Gasteiger partial charge on any atom is -0.495 e. The third kappa shape index (κ3) is 4.06. The van der Waals surface area contributed by atoms with Gasteiger partial charge in [0, 0.05) is 18.1 Å². The molecule has 3 aromatic carbocycles. The maximum Gasteiger partial charge on any atom is 0.259 e. The fourth-order valence-corrected chi connectivity index (χ4v) is 4.44. The lowest BCUT2D eigenvalue weighted by molar-refractivity contribution is 0.102. The number of morpholine rings is 1. The van der Waals surface area contributed by atoms with Crippen LogP contribution in [-0.4, -0.2) is 39.3 Å². The van der Waals surface area contributed by atoms with Gasteiger partial charge in [0.1, 0.15) is 5.75 Å². The van der Waals surface area contributed by atoms with Crippen molar-refractivity contribution in [3.8, 4) is 5.75 Å². The summed E-state index contributed by atoms with van der Waals surface area (Å²) >= 11 is 9.81. The van der Waals surface area contributed by atoms with Gasteiger partial charge in [-0.1, -0.05) is 35.9 Å². The molecule has 3 aromatic rings. The molecule has 0 aliphatic carbocycles. The number of rotatable bonds is 4. The Morgan fingerprint density at radius 1 is 1.17 bits per heavy atom. The van der Waals surface area contributed by atoms with Gasteiger partial charge in [0.2, 0.25) is 0 Å². The lowest BCUT2D eigenvalue weighted by Gasteiger charge is -2.30. The molecule has 1 fully saturated rings. The van der Waals surface area contributed by atoms with Crippen LogP contribution in [0.4, 0.5) is 11.4 Å². The van der Waals surface area contributed by atoms with Crippen LogP contribution < -0.4 is 15.0 Å². The van der Waals surface area contributed by atoms with E-state index >= 15 is 0 Å². The third-order valence-electron chi connectivity index (χ3n) is 4.95. The smallest absolute Gasteiger partial charge is 0.259 e. The quantitative estimate of drug-likeness (QED) is 0.552. The van der Waals surface area contributed by atoms with Crippen LogP contribution in [0.2, 0.25) is 5.02 Å². The fourth-order valence-electron chi connectivity index (χ4n) is 3.53. The van der Waals surface area contributed by atoms with Gasteiger partial charge in [0.05, 0.1) is 41.7 Å². The molecule has 1 amide bonds. The van der Waals surface area contributed by atoms with E-state index in [1.54, 1.807) is 13.2 Å². The maximum atomic E-state index is 13.2. The number of methoxy groups -OCH3 is 1. The van der Waals surface area contributed by atoms with Gasteiger partial charge < -0.3 is 19.7 Å². The number of carbonyl (C=O) groups excluding carboxylic acids is 1. The first kappa shape index (κ1) is 20.0. The molecule has 1 heterocycles. The first-order valence-electron chi connectivity index (χ1n) is 9.27. The molecule has 1 saturated heterocycles. The Balaban J connectivity index is 1.72. The predicted molar refractivity (Wildman–Crippen MR) is 121 cm³/mol. The number of benzene rings is 3. The molecular formula is C22H20BrClN2O3. The molecule has 0 atom stereocenters. The minimum absolute atomic E-state index is 0.259. The highest BCUT2D eigenvalue weighted by molar-refractivity contribution is 9.10. The highest BCUT2D eigenvalue weighted by Gasteiger charge is 2.21. The zero-order valence-corrected chi connectivity index (χ0v) is 18.2. The van der Waals surface area contributed by atoms with Crippen LogP contribution in [0.3, 0.4) is 0 Å². The number of nitrogens with zero attached hydrogens (tertiary/aromatic N) is 1. The third-order valence-corrected chi connectivity index (χ3v) is 5.97. The van der Waals surface area contributed by atoms with Crippen molar-refractivity contribution >= 4 is 55.6 Å². The Bertz CT molecular complexity index is 1070. The van der Waals surface area contributed by atoms with Crippen molar-refractivity contribution in [1.82, 2.24) is 0 Å². The second-order valence-electron chi connectivity index (χ2n) is 6.71. The molecule has 7 heteroatoms. The number of fused-ring (bicyclic) bond motifs is 1. The van der Waals surface area contributed by atoms with Gasteiger partial charge in [-0.2, -0.15) is 0 Å². The lowest BCUT2D eigenvalue weighted by Crippen LogP contribution is -2.36. The van der Waals surface area contributed by atoms with E-state index in [0.717, 1.165) is 34.0 Å². The Hall–Kier alpha value is -2.28. The fraction of sp³-hybridized carbons (Fsp3) is 0.227. The molecule has 1 aliphatic rings.